The van der Waals surface area contributed by atoms with Crippen LogP contribution in [-0.2, 0) is 37.1 Å². The maximum atomic E-state index is 12.8. The summed E-state index contributed by atoms with van der Waals surface area (Å²) in [6, 6.07) is 7.90. The molecule has 2 heterocycles. The van der Waals surface area contributed by atoms with Crippen LogP contribution in [0.4, 0.5) is 5.69 Å². The van der Waals surface area contributed by atoms with E-state index in [1.54, 1.807) is 12.1 Å². The highest BCUT2D eigenvalue weighted by molar-refractivity contribution is 7.89. The minimum atomic E-state index is -3.67. The molecule has 1 amide bonds. The van der Waals surface area contributed by atoms with Crippen molar-refractivity contribution in [2.24, 2.45) is 0 Å². The molecule has 1 N–H and O–H groups in total. The zero-order valence-electron chi connectivity index (χ0n) is 17.0. The molecule has 1 aliphatic carbocycles. The van der Waals surface area contributed by atoms with E-state index in [2.05, 4.69) is 5.32 Å². The smallest absolute Gasteiger partial charge is 0.348 e. The Hall–Kier alpha value is -2.27. The molecule has 166 valence electrons. The van der Waals surface area contributed by atoms with Crippen molar-refractivity contribution >= 4 is 38.9 Å². The van der Waals surface area contributed by atoms with E-state index in [1.165, 1.54) is 38.2 Å². The molecule has 1 saturated heterocycles. The van der Waals surface area contributed by atoms with Crippen LogP contribution in [0.3, 0.4) is 0 Å². The lowest BCUT2D eigenvalue weighted by atomic mass is 9.99. The van der Waals surface area contributed by atoms with Crippen LogP contribution in [0.2, 0.25) is 0 Å². The standard InChI is InChI=1S/C21H24N2O6S2/c24-20(14-29-21(25)19-12-15-4-1-2-7-18(15)30-19)22-16-5-3-6-17(13-16)31(26,27)23-8-10-28-11-9-23/h3,5-6,12-13H,1-2,4,7-11,14H2,(H,22,24). The first-order valence-corrected chi connectivity index (χ1v) is 12.5. The van der Waals surface area contributed by atoms with E-state index in [4.69, 9.17) is 9.47 Å². The monoisotopic (exact) mass is 464 g/mol. The molecule has 0 atom stereocenters. The molecule has 0 unspecified atom stereocenters. The van der Waals surface area contributed by atoms with E-state index < -0.39 is 28.5 Å². The van der Waals surface area contributed by atoms with Gasteiger partial charge in [0.05, 0.1) is 18.1 Å². The molecule has 2 aliphatic rings. The zero-order chi connectivity index (χ0) is 21.8. The number of nitrogens with one attached hydrogen (secondary N) is 1. The maximum absolute atomic E-state index is 12.8. The van der Waals surface area contributed by atoms with Gasteiger partial charge in [0.1, 0.15) is 4.88 Å². The lowest BCUT2D eigenvalue weighted by molar-refractivity contribution is -0.119. The summed E-state index contributed by atoms with van der Waals surface area (Å²) in [5.41, 5.74) is 1.52. The topological polar surface area (TPSA) is 102 Å². The number of nitrogens with zero attached hydrogens (tertiary/aromatic N) is 1. The van der Waals surface area contributed by atoms with Gasteiger partial charge >= 0.3 is 5.97 Å². The van der Waals surface area contributed by atoms with Gasteiger partial charge in [0.25, 0.3) is 5.91 Å². The summed E-state index contributed by atoms with van der Waals surface area (Å²) in [7, 11) is -3.67. The number of fused-ring (bicyclic) bond motifs is 1. The Morgan fingerprint density at radius 3 is 2.68 bits per heavy atom. The summed E-state index contributed by atoms with van der Waals surface area (Å²) in [6.07, 6.45) is 4.21. The number of thiophene rings is 1. The van der Waals surface area contributed by atoms with Crippen LogP contribution >= 0.6 is 11.3 Å². The number of anilines is 1. The molecule has 10 heteroatoms. The third-order valence-electron chi connectivity index (χ3n) is 5.26. The fourth-order valence-electron chi connectivity index (χ4n) is 3.66. The summed E-state index contributed by atoms with van der Waals surface area (Å²) >= 11 is 1.43. The fraction of sp³-hybridized carbons (Fsp3) is 0.429. The van der Waals surface area contributed by atoms with Gasteiger partial charge in [-0.05, 0) is 55.5 Å². The Morgan fingerprint density at radius 1 is 1.13 bits per heavy atom. The number of hydrogen-bond acceptors (Lipinski definition) is 7. The number of hydrogen-bond donors (Lipinski definition) is 1. The van der Waals surface area contributed by atoms with Gasteiger partial charge in [0, 0.05) is 23.7 Å². The minimum Gasteiger partial charge on any atom is -0.451 e. The molecule has 0 radical (unpaired) electrons. The van der Waals surface area contributed by atoms with Crippen molar-refractivity contribution in [3.8, 4) is 0 Å². The van der Waals surface area contributed by atoms with Gasteiger partial charge in [-0.25, -0.2) is 13.2 Å². The molecule has 8 nitrogen and oxygen atoms in total. The molecular weight excluding hydrogens is 440 g/mol. The number of benzene rings is 1. The van der Waals surface area contributed by atoms with E-state index >= 15 is 0 Å². The molecule has 0 bridgehead atoms. The molecule has 4 rings (SSSR count). The second-order valence-electron chi connectivity index (χ2n) is 7.43. The number of rotatable bonds is 6. The first-order valence-electron chi connectivity index (χ1n) is 10.2. The molecule has 1 aromatic carbocycles. The van der Waals surface area contributed by atoms with Gasteiger partial charge < -0.3 is 14.8 Å². The lowest BCUT2D eigenvalue weighted by Crippen LogP contribution is -2.40. The van der Waals surface area contributed by atoms with Crippen molar-refractivity contribution < 1.29 is 27.5 Å². The summed E-state index contributed by atoms with van der Waals surface area (Å²) < 4.78 is 37.3. The highest BCUT2D eigenvalue weighted by Crippen LogP contribution is 2.30. The van der Waals surface area contributed by atoms with Crippen LogP contribution in [0.15, 0.2) is 35.2 Å². The lowest BCUT2D eigenvalue weighted by Gasteiger charge is -2.26. The van der Waals surface area contributed by atoms with Gasteiger partial charge in [-0.3, -0.25) is 4.79 Å². The van der Waals surface area contributed by atoms with Gasteiger partial charge in [-0.2, -0.15) is 4.31 Å². The van der Waals surface area contributed by atoms with Crippen LogP contribution < -0.4 is 5.32 Å². The first-order chi connectivity index (χ1) is 14.9. The second kappa shape index (κ2) is 9.47. The van der Waals surface area contributed by atoms with Crippen LogP contribution in [0.25, 0.3) is 0 Å². The molecule has 1 aliphatic heterocycles. The van der Waals surface area contributed by atoms with E-state index in [0.29, 0.717) is 36.9 Å². The van der Waals surface area contributed by atoms with Crippen molar-refractivity contribution in [3.05, 3.63) is 45.6 Å². The van der Waals surface area contributed by atoms with E-state index in [-0.39, 0.29) is 4.90 Å². The van der Waals surface area contributed by atoms with Gasteiger partial charge in [-0.1, -0.05) is 6.07 Å². The second-order valence-corrected chi connectivity index (χ2v) is 10.5. The summed E-state index contributed by atoms with van der Waals surface area (Å²) in [6.45, 7) is 0.854. The predicted octanol–water partition coefficient (Wildman–Crippen LogP) is 2.44. The zero-order valence-corrected chi connectivity index (χ0v) is 18.6. The molecule has 1 aromatic heterocycles. The normalized spacial score (nSPS) is 17.0. The predicted molar refractivity (Wildman–Crippen MR) is 116 cm³/mol. The number of amides is 1. The van der Waals surface area contributed by atoms with Crippen molar-refractivity contribution in [2.45, 2.75) is 30.6 Å². The van der Waals surface area contributed by atoms with E-state index in [1.807, 2.05) is 6.07 Å². The first kappa shape index (κ1) is 21.9. The number of carbonyl (C=O) groups is 2. The number of esters is 1. The number of sulfonamides is 1. The van der Waals surface area contributed by atoms with Crippen molar-refractivity contribution in [1.29, 1.82) is 0 Å². The Kier molecular flexibility index (Phi) is 6.71. The Morgan fingerprint density at radius 2 is 1.90 bits per heavy atom. The van der Waals surface area contributed by atoms with Gasteiger partial charge in [0.2, 0.25) is 10.0 Å². The maximum Gasteiger partial charge on any atom is 0.348 e. The highest BCUT2D eigenvalue weighted by Gasteiger charge is 2.26. The number of aryl methyl sites for hydroxylation is 2. The summed E-state index contributed by atoms with van der Waals surface area (Å²) in [5.74, 6) is -1.05. The average Bonchev–Trinajstić information content (AvgIpc) is 3.23. The fourth-order valence-corrected chi connectivity index (χ4v) is 6.26. The molecule has 0 saturated carbocycles. The van der Waals surface area contributed by atoms with Crippen LogP contribution in [0, 0.1) is 0 Å². The number of morpholine rings is 1. The largest absolute Gasteiger partial charge is 0.451 e. The van der Waals surface area contributed by atoms with Crippen LogP contribution in [0.1, 0.15) is 33.0 Å². The average molecular weight is 465 g/mol. The molecular formula is C21H24N2O6S2. The third kappa shape index (κ3) is 5.15. The van der Waals surface area contributed by atoms with Crippen molar-refractivity contribution in [3.63, 3.8) is 0 Å². The molecule has 0 spiro atoms. The molecule has 2 aromatic rings. The highest BCUT2D eigenvalue weighted by atomic mass is 32.2. The number of carbonyl (C=O) groups excluding carboxylic acids is 2. The Labute approximate surface area is 185 Å². The molecule has 1 fully saturated rings. The number of ether oxygens (including phenoxy) is 2. The van der Waals surface area contributed by atoms with E-state index in [0.717, 1.165) is 25.7 Å². The van der Waals surface area contributed by atoms with Gasteiger partial charge in [-0.15, -0.1) is 11.3 Å². The molecule has 31 heavy (non-hydrogen) atoms. The Bertz CT molecular complexity index is 1050. The summed E-state index contributed by atoms with van der Waals surface area (Å²) in [5, 5.41) is 2.59. The Balaban J connectivity index is 1.35. The summed E-state index contributed by atoms with van der Waals surface area (Å²) in [4.78, 5) is 26.4. The van der Waals surface area contributed by atoms with Crippen LogP contribution in [-0.4, -0.2) is 57.5 Å². The third-order valence-corrected chi connectivity index (χ3v) is 8.37. The minimum absolute atomic E-state index is 0.0911. The quantitative estimate of drug-likeness (QED) is 0.659. The van der Waals surface area contributed by atoms with Crippen molar-refractivity contribution in [1.82, 2.24) is 4.31 Å². The van der Waals surface area contributed by atoms with Crippen LogP contribution in [0.5, 0.6) is 0 Å². The van der Waals surface area contributed by atoms with E-state index in [9.17, 15) is 18.0 Å². The van der Waals surface area contributed by atoms with Gasteiger partial charge in [0.15, 0.2) is 6.61 Å². The SMILES string of the molecule is O=C(COC(=O)c1cc2c(s1)CCCC2)Nc1cccc(S(=O)(=O)N2CCOCC2)c1. The van der Waals surface area contributed by atoms with Crippen molar-refractivity contribution in [2.75, 3.05) is 38.2 Å².